The van der Waals surface area contributed by atoms with E-state index in [9.17, 15) is 5.26 Å². The monoisotopic (exact) mass is 233 g/mol. The Bertz CT molecular complexity index is 574. The summed E-state index contributed by atoms with van der Waals surface area (Å²) in [5.74, 6) is 0. The molecule has 0 fully saturated rings. The molecule has 0 saturated carbocycles. The Balaban J connectivity index is 2.58. The van der Waals surface area contributed by atoms with Crippen molar-refractivity contribution in [2.75, 3.05) is 0 Å². The zero-order valence-electron chi connectivity index (χ0n) is 10.4. The summed E-state index contributed by atoms with van der Waals surface area (Å²) in [6.45, 7) is 2.09. The molecule has 0 saturated heterocycles. The molecular weight excluding hydrogens is 218 g/mol. The number of hydrogen-bond donors (Lipinski definition) is 0. The van der Waals surface area contributed by atoms with E-state index >= 15 is 0 Å². The summed E-state index contributed by atoms with van der Waals surface area (Å²) in [7, 11) is 0. The van der Waals surface area contributed by atoms with Crippen LogP contribution in [-0.2, 0) is 0 Å². The van der Waals surface area contributed by atoms with Gasteiger partial charge in [0.05, 0.1) is 5.57 Å². The maximum Gasteiger partial charge on any atom is 0.100 e. The van der Waals surface area contributed by atoms with Crippen molar-refractivity contribution >= 4 is 11.1 Å². The number of nitrogens with zero attached hydrogens (tertiary/aromatic N) is 1. The molecule has 0 aliphatic rings. The minimum atomic E-state index is 0.768. The first kappa shape index (κ1) is 12.1. The summed E-state index contributed by atoms with van der Waals surface area (Å²) in [4.78, 5) is 0. The molecule has 88 valence electrons. The van der Waals surface area contributed by atoms with Gasteiger partial charge in [0.25, 0.3) is 0 Å². The van der Waals surface area contributed by atoms with Gasteiger partial charge in [0.2, 0.25) is 0 Å². The Morgan fingerprint density at radius 3 is 1.83 bits per heavy atom. The van der Waals surface area contributed by atoms with E-state index in [1.165, 1.54) is 0 Å². The van der Waals surface area contributed by atoms with Crippen LogP contribution in [0.15, 0.2) is 60.7 Å². The highest BCUT2D eigenvalue weighted by Crippen LogP contribution is 2.28. The van der Waals surface area contributed by atoms with Gasteiger partial charge in [-0.3, -0.25) is 0 Å². The molecule has 0 spiro atoms. The van der Waals surface area contributed by atoms with Crippen molar-refractivity contribution in [3.8, 4) is 6.07 Å². The second kappa shape index (κ2) is 5.84. The minimum absolute atomic E-state index is 0.768. The summed E-state index contributed by atoms with van der Waals surface area (Å²) < 4.78 is 0. The summed E-state index contributed by atoms with van der Waals surface area (Å²) in [6.07, 6.45) is 0.849. The normalized spacial score (nSPS) is 11.6. The average molecular weight is 233 g/mol. The third-order valence-corrected chi connectivity index (χ3v) is 2.95. The quantitative estimate of drug-likeness (QED) is 0.564. The van der Waals surface area contributed by atoms with Crippen LogP contribution in [0.4, 0.5) is 0 Å². The van der Waals surface area contributed by atoms with E-state index in [1.54, 1.807) is 0 Å². The van der Waals surface area contributed by atoms with Gasteiger partial charge >= 0.3 is 0 Å². The Hall–Kier alpha value is -2.33. The maximum absolute atomic E-state index is 9.43. The predicted octanol–water partition coefficient (Wildman–Crippen LogP) is 4.53. The van der Waals surface area contributed by atoms with Gasteiger partial charge in [0.15, 0.2) is 0 Å². The molecule has 2 aromatic rings. The van der Waals surface area contributed by atoms with Crippen molar-refractivity contribution in [1.29, 1.82) is 5.26 Å². The van der Waals surface area contributed by atoms with Crippen LogP contribution in [0, 0.1) is 11.3 Å². The lowest BCUT2D eigenvalue weighted by atomic mass is 9.94. The van der Waals surface area contributed by atoms with E-state index < -0.39 is 0 Å². The molecule has 0 bridgehead atoms. The largest absolute Gasteiger partial charge is 0.192 e. The van der Waals surface area contributed by atoms with Crippen molar-refractivity contribution in [3.63, 3.8) is 0 Å². The Kier molecular flexibility index (Phi) is 3.94. The smallest absolute Gasteiger partial charge is 0.100 e. The number of hydrogen-bond acceptors (Lipinski definition) is 1. The number of benzene rings is 2. The van der Waals surface area contributed by atoms with Gasteiger partial charge in [0.1, 0.15) is 6.07 Å². The highest BCUT2D eigenvalue weighted by atomic mass is 14.3. The second-order valence-electron chi connectivity index (χ2n) is 4.05. The number of nitriles is 1. The molecule has 2 rings (SSSR count). The minimum Gasteiger partial charge on any atom is -0.192 e. The van der Waals surface area contributed by atoms with E-state index in [0.29, 0.717) is 0 Å². The van der Waals surface area contributed by atoms with E-state index in [0.717, 1.165) is 28.7 Å². The summed E-state index contributed by atoms with van der Waals surface area (Å²) >= 11 is 0. The van der Waals surface area contributed by atoms with Crippen LogP contribution in [0.25, 0.3) is 11.1 Å². The molecule has 0 aromatic heterocycles. The van der Waals surface area contributed by atoms with Crippen LogP contribution in [0.2, 0.25) is 0 Å². The zero-order valence-corrected chi connectivity index (χ0v) is 10.4. The van der Waals surface area contributed by atoms with E-state index in [4.69, 9.17) is 0 Å². The van der Waals surface area contributed by atoms with Crippen LogP contribution < -0.4 is 0 Å². The van der Waals surface area contributed by atoms with Crippen LogP contribution >= 0.6 is 0 Å². The lowest BCUT2D eigenvalue weighted by molar-refractivity contribution is 1.24. The first-order valence-corrected chi connectivity index (χ1v) is 6.11. The first-order chi connectivity index (χ1) is 8.86. The highest BCUT2D eigenvalue weighted by Gasteiger charge is 2.08. The molecule has 0 heterocycles. The summed E-state index contributed by atoms with van der Waals surface area (Å²) in [6, 6.07) is 22.3. The van der Waals surface area contributed by atoms with Crippen molar-refractivity contribution in [2.45, 2.75) is 13.3 Å². The highest BCUT2D eigenvalue weighted by molar-refractivity contribution is 5.97. The van der Waals surface area contributed by atoms with Crippen LogP contribution in [0.1, 0.15) is 24.5 Å². The maximum atomic E-state index is 9.43. The fourth-order valence-corrected chi connectivity index (χ4v) is 2.08. The number of allylic oxidation sites excluding steroid dienone is 2. The Morgan fingerprint density at radius 2 is 1.39 bits per heavy atom. The van der Waals surface area contributed by atoms with Crippen LogP contribution in [-0.4, -0.2) is 0 Å². The molecule has 1 nitrogen and oxygen atoms in total. The van der Waals surface area contributed by atoms with Gasteiger partial charge in [-0.2, -0.15) is 5.26 Å². The SMILES string of the molecule is CC/C(=C(\C#N)c1ccccc1)c1ccccc1. The molecule has 0 aliphatic carbocycles. The van der Waals surface area contributed by atoms with Gasteiger partial charge in [-0.15, -0.1) is 0 Å². The van der Waals surface area contributed by atoms with Gasteiger partial charge in [-0.1, -0.05) is 67.6 Å². The lowest BCUT2D eigenvalue weighted by Gasteiger charge is -2.09. The van der Waals surface area contributed by atoms with Crippen molar-refractivity contribution in [3.05, 3.63) is 71.8 Å². The molecule has 0 amide bonds. The van der Waals surface area contributed by atoms with Gasteiger partial charge in [-0.25, -0.2) is 0 Å². The molecule has 1 heteroatoms. The van der Waals surface area contributed by atoms with Gasteiger partial charge in [0, 0.05) is 0 Å². The molecule has 0 N–H and O–H groups in total. The van der Waals surface area contributed by atoms with Crippen molar-refractivity contribution in [1.82, 2.24) is 0 Å². The summed E-state index contributed by atoms with van der Waals surface area (Å²) in [5.41, 5.74) is 3.98. The molecule has 18 heavy (non-hydrogen) atoms. The van der Waals surface area contributed by atoms with Gasteiger partial charge < -0.3 is 0 Å². The van der Waals surface area contributed by atoms with Crippen molar-refractivity contribution < 1.29 is 0 Å². The zero-order chi connectivity index (χ0) is 12.8. The first-order valence-electron chi connectivity index (χ1n) is 6.11. The molecule has 0 unspecified atom stereocenters. The second-order valence-corrected chi connectivity index (χ2v) is 4.05. The molecule has 0 aliphatic heterocycles. The molecule has 2 aromatic carbocycles. The lowest BCUT2D eigenvalue weighted by Crippen LogP contribution is -1.90. The van der Waals surface area contributed by atoms with E-state index in [2.05, 4.69) is 25.1 Å². The van der Waals surface area contributed by atoms with Crippen LogP contribution in [0.5, 0.6) is 0 Å². The molecule has 0 radical (unpaired) electrons. The standard InChI is InChI=1S/C17H15N/c1-2-16(14-9-5-3-6-10-14)17(13-18)15-11-7-4-8-12-15/h3-12H,2H2,1H3/b17-16-. The fraction of sp³-hybridized carbons (Fsp3) is 0.118. The topological polar surface area (TPSA) is 23.8 Å². The third-order valence-electron chi connectivity index (χ3n) is 2.95. The molecular formula is C17H15N. The van der Waals surface area contributed by atoms with E-state index in [1.807, 2.05) is 48.5 Å². The Morgan fingerprint density at radius 1 is 0.889 bits per heavy atom. The predicted molar refractivity (Wildman–Crippen MR) is 75.6 cm³/mol. The van der Waals surface area contributed by atoms with Crippen molar-refractivity contribution in [2.24, 2.45) is 0 Å². The van der Waals surface area contributed by atoms with Gasteiger partial charge in [-0.05, 0) is 23.1 Å². The van der Waals surface area contributed by atoms with Crippen LogP contribution in [0.3, 0.4) is 0 Å². The third kappa shape index (κ3) is 2.49. The fourth-order valence-electron chi connectivity index (χ4n) is 2.08. The molecule has 0 atom stereocenters. The average Bonchev–Trinajstić information content (AvgIpc) is 2.46. The van der Waals surface area contributed by atoms with E-state index in [-0.39, 0.29) is 0 Å². The summed E-state index contributed by atoms with van der Waals surface area (Å²) in [5, 5.41) is 9.43. The Labute approximate surface area is 108 Å². The number of rotatable bonds is 3.